The molecular weight excluding hydrogens is 362 g/mol. The molecule has 3 rings (SSSR count). The molecule has 0 aliphatic carbocycles. The van der Waals surface area contributed by atoms with Gasteiger partial charge in [0.15, 0.2) is 0 Å². The van der Waals surface area contributed by atoms with Crippen LogP contribution in [0.15, 0.2) is 52.0 Å². The lowest BCUT2D eigenvalue weighted by molar-refractivity contribution is -0.918. The van der Waals surface area contributed by atoms with Crippen molar-refractivity contribution in [2.45, 2.75) is 20.4 Å². The van der Waals surface area contributed by atoms with E-state index in [9.17, 15) is 0 Å². The topological polar surface area (TPSA) is 20.0 Å². The SMILES string of the molecule is Cc1ccc(C[NH+]2CCN(N=Cc3ccc(Br)cc3)CC2)c(C)c1. The maximum Gasteiger partial charge on any atom is 0.103 e. The quantitative estimate of drug-likeness (QED) is 0.800. The Morgan fingerprint density at radius 1 is 1.08 bits per heavy atom. The molecule has 126 valence electrons. The average molecular weight is 387 g/mol. The van der Waals surface area contributed by atoms with E-state index in [1.165, 1.54) is 16.7 Å². The second-order valence-electron chi connectivity index (χ2n) is 6.61. The van der Waals surface area contributed by atoms with Crippen LogP contribution in [0.25, 0.3) is 0 Å². The zero-order chi connectivity index (χ0) is 16.9. The zero-order valence-corrected chi connectivity index (χ0v) is 16.0. The number of hydrogen-bond acceptors (Lipinski definition) is 2. The van der Waals surface area contributed by atoms with Crippen molar-refractivity contribution in [1.82, 2.24) is 5.01 Å². The summed E-state index contributed by atoms with van der Waals surface area (Å²) in [7, 11) is 0. The Morgan fingerprint density at radius 3 is 2.46 bits per heavy atom. The van der Waals surface area contributed by atoms with Crippen LogP contribution < -0.4 is 4.90 Å². The highest BCUT2D eigenvalue weighted by atomic mass is 79.9. The molecule has 2 aromatic carbocycles. The van der Waals surface area contributed by atoms with E-state index in [2.05, 4.69) is 70.2 Å². The summed E-state index contributed by atoms with van der Waals surface area (Å²) < 4.78 is 1.10. The molecule has 1 aliphatic heterocycles. The van der Waals surface area contributed by atoms with Crippen LogP contribution in [0.5, 0.6) is 0 Å². The lowest BCUT2D eigenvalue weighted by Gasteiger charge is -2.30. The smallest absolute Gasteiger partial charge is 0.103 e. The van der Waals surface area contributed by atoms with E-state index in [0.717, 1.165) is 42.8 Å². The van der Waals surface area contributed by atoms with E-state index in [1.807, 2.05) is 18.3 Å². The summed E-state index contributed by atoms with van der Waals surface area (Å²) in [6.07, 6.45) is 1.96. The number of quaternary nitrogens is 1. The van der Waals surface area contributed by atoms with E-state index in [0.29, 0.717) is 0 Å². The lowest BCUT2D eigenvalue weighted by Crippen LogP contribution is -3.13. The molecule has 0 unspecified atom stereocenters. The number of nitrogens with one attached hydrogen (secondary N) is 1. The molecular formula is C20H25BrN3+. The second kappa shape index (κ2) is 7.95. The fraction of sp³-hybridized carbons (Fsp3) is 0.350. The number of benzene rings is 2. The van der Waals surface area contributed by atoms with Gasteiger partial charge in [-0.15, -0.1) is 0 Å². The number of rotatable bonds is 4. The summed E-state index contributed by atoms with van der Waals surface area (Å²) in [6.45, 7) is 9.83. The van der Waals surface area contributed by atoms with Crippen LogP contribution in [0.4, 0.5) is 0 Å². The van der Waals surface area contributed by atoms with Crippen LogP contribution in [0.1, 0.15) is 22.3 Å². The van der Waals surface area contributed by atoms with Crippen molar-refractivity contribution in [3.05, 3.63) is 69.2 Å². The third kappa shape index (κ3) is 4.68. The van der Waals surface area contributed by atoms with Crippen LogP contribution in [-0.4, -0.2) is 37.4 Å². The van der Waals surface area contributed by atoms with Gasteiger partial charge in [0.25, 0.3) is 0 Å². The molecule has 0 spiro atoms. The molecule has 24 heavy (non-hydrogen) atoms. The number of aryl methyl sites for hydroxylation is 2. The minimum Gasteiger partial charge on any atom is -0.328 e. The van der Waals surface area contributed by atoms with Crippen molar-refractivity contribution in [1.29, 1.82) is 0 Å². The highest BCUT2D eigenvalue weighted by Gasteiger charge is 2.19. The number of hydrogen-bond donors (Lipinski definition) is 1. The third-order valence-electron chi connectivity index (χ3n) is 4.63. The molecule has 1 aliphatic rings. The Hall–Kier alpha value is -1.65. The van der Waals surface area contributed by atoms with Gasteiger partial charge in [0.2, 0.25) is 0 Å². The van der Waals surface area contributed by atoms with E-state index in [1.54, 1.807) is 4.90 Å². The fourth-order valence-corrected chi connectivity index (χ4v) is 3.38. The Balaban J connectivity index is 1.51. The maximum atomic E-state index is 4.63. The summed E-state index contributed by atoms with van der Waals surface area (Å²) in [5, 5.41) is 6.82. The van der Waals surface area contributed by atoms with Crippen molar-refractivity contribution in [3.8, 4) is 0 Å². The number of halogens is 1. The van der Waals surface area contributed by atoms with Crippen molar-refractivity contribution < 1.29 is 4.90 Å². The van der Waals surface area contributed by atoms with Gasteiger partial charge in [-0.25, -0.2) is 0 Å². The van der Waals surface area contributed by atoms with Gasteiger partial charge in [-0.1, -0.05) is 51.8 Å². The summed E-state index contributed by atoms with van der Waals surface area (Å²) in [5.74, 6) is 0. The highest BCUT2D eigenvalue weighted by molar-refractivity contribution is 9.10. The number of nitrogens with zero attached hydrogens (tertiary/aromatic N) is 2. The van der Waals surface area contributed by atoms with Crippen molar-refractivity contribution in [3.63, 3.8) is 0 Å². The molecule has 0 atom stereocenters. The van der Waals surface area contributed by atoms with Crippen LogP contribution in [-0.2, 0) is 6.54 Å². The molecule has 3 nitrogen and oxygen atoms in total. The first kappa shape index (κ1) is 17.2. The highest BCUT2D eigenvalue weighted by Crippen LogP contribution is 2.10. The van der Waals surface area contributed by atoms with Gasteiger partial charge < -0.3 is 4.90 Å². The maximum absolute atomic E-state index is 4.63. The monoisotopic (exact) mass is 386 g/mol. The fourth-order valence-electron chi connectivity index (χ4n) is 3.11. The normalized spacial score (nSPS) is 16.0. The van der Waals surface area contributed by atoms with Crippen molar-refractivity contribution in [2.75, 3.05) is 26.2 Å². The Bertz CT molecular complexity index is 701. The molecule has 0 amide bonds. The molecule has 1 fully saturated rings. The van der Waals surface area contributed by atoms with Gasteiger partial charge in [0.05, 0.1) is 32.4 Å². The molecule has 1 heterocycles. The zero-order valence-electron chi connectivity index (χ0n) is 14.4. The van der Waals surface area contributed by atoms with E-state index < -0.39 is 0 Å². The van der Waals surface area contributed by atoms with Gasteiger partial charge in [-0.3, -0.25) is 5.01 Å². The summed E-state index contributed by atoms with van der Waals surface area (Å²) >= 11 is 3.46. The van der Waals surface area contributed by atoms with Crippen molar-refractivity contribution in [2.24, 2.45) is 5.10 Å². The molecule has 2 aromatic rings. The molecule has 4 heteroatoms. The van der Waals surface area contributed by atoms with Gasteiger partial charge in [0, 0.05) is 10.0 Å². The Morgan fingerprint density at radius 2 is 1.79 bits per heavy atom. The molecule has 0 saturated carbocycles. The first-order chi connectivity index (χ1) is 11.6. The Kier molecular flexibility index (Phi) is 5.69. The Labute approximate surface area is 153 Å². The first-order valence-corrected chi connectivity index (χ1v) is 9.33. The first-order valence-electron chi connectivity index (χ1n) is 8.54. The minimum atomic E-state index is 1.02. The standard InChI is InChI=1S/C20H24BrN3/c1-16-3-6-19(17(2)13-16)15-23-9-11-24(12-10-23)22-14-18-4-7-20(21)8-5-18/h3-8,13-14H,9-12,15H2,1-2H3/p+1. The number of hydrazone groups is 1. The molecule has 0 aromatic heterocycles. The van der Waals surface area contributed by atoms with Gasteiger partial charge >= 0.3 is 0 Å². The van der Waals surface area contributed by atoms with Crippen LogP contribution in [0, 0.1) is 13.8 Å². The predicted octanol–water partition coefficient (Wildman–Crippen LogP) is 2.80. The molecule has 0 radical (unpaired) electrons. The van der Waals surface area contributed by atoms with Crippen LogP contribution in [0.2, 0.25) is 0 Å². The summed E-state index contributed by atoms with van der Waals surface area (Å²) in [6, 6.07) is 15.1. The minimum absolute atomic E-state index is 1.02. The van der Waals surface area contributed by atoms with E-state index in [-0.39, 0.29) is 0 Å². The number of piperazine rings is 1. The van der Waals surface area contributed by atoms with Crippen LogP contribution >= 0.6 is 15.9 Å². The molecule has 1 saturated heterocycles. The second-order valence-corrected chi connectivity index (χ2v) is 7.52. The average Bonchev–Trinajstić information content (AvgIpc) is 2.58. The summed E-state index contributed by atoms with van der Waals surface area (Å²) in [4.78, 5) is 1.65. The van der Waals surface area contributed by atoms with E-state index in [4.69, 9.17) is 0 Å². The largest absolute Gasteiger partial charge is 0.328 e. The van der Waals surface area contributed by atoms with E-state index >= 15 is 0 Å². The third-order valence-corrected chi connectivity index (χ3v) is 5.15. The van der Waals surface area contributed by atoms with Gasteiger partial charge in [-0.2, -0.15) is 5.10 Å². The lowest BCUT2D eigenvalue weighted by atomic mass is 10.1. The summed E-state index contributed by atoms with van der Waals surface area (Å²) in [5.41, 5.74) is 5.38. The van der Waals surface area contributed by atoms with Gasteiger partial charge in [0.1, 0.15) is 6.54 Å². The molecule has 0 bridgehead atoms. The van der Waals surface area contributed by atoms with Crippen molar-refractivity contribution >= 4 is 22.1 Å². The van der Waals surface area contributed by atoms with Gasteiger partial charge in [-0.05, 0) is 37.1 Å². The predicted molar refractivity (Wildman–Crippen MR) is 104 cm³/mol. The molecule has 1 N–H and O–H groups in total. The van der Waals surface area contributed by atoms with Crippen LogP contribution in [0.3, 0.4) is 0 Å².